The molecule has 0 N–H and O–H groups in total. The van der Waals surface area contributed by atoms with Crippen molar-refractivity contribution in [3.8, 4) is 17.5 Å². The van der Waals surface area contributed by atoms with E-state index in [0.717, 1.165) is 16.6 Å². The topological polar surface area (TPSA) is 64.2 Å². The molecule has 2 aromatic carbocycles. The summed E-state index contributed by atoms with van der Waals surface area (Å²) in [5.41, 5.74) is 2.58. The molecular formula is C19H15ClN2O3. The van der Waals surface area contributed by atoms with Gasteiger partial charge in [0, 0.05) is 17.3 Å². The Morgan fingerprint density at radius 3 is 2.60 bits per heavy atom. The van der Waals surface area contributed by atoms with Gasteiger partial charge in [0.2, 0.25) is 0 Å². The number of ether oxygens (including phenoxy) is 2. The van der Waals surface area contributed by atoms with Crippen molar-refractivity contribution in [2.75, 3.05) is 13.7 Å². The Hall–Kier alpha value is -2.97. The fourth-order valence-corrected chi connectivity index (χ4v) is 2.89. The molecule has 0 aliphatic carbocycles. The molecule has 0 atom stereocenters. The number of hydrogen-bond donors (Lipinski definition) is 0. The van der Waals surface area contributed by atoms with E-state index in [1.165, 1.54) is 7.11 Å². The molecule has 0 amide bonds. The van der Waals surface area contributed by atoms with Crippen molar-refractivity contribution in [3.63, 3.8) is 0 Å². The normalized spacial score (nSPS) is 10.5. The van der Waals surface area contributed by atoms with Gasteiger partial charge >= 0.3 is 5.97 Å². The van der Waals surface area contributed by atoms with E-state index in [1.54, 1.807) is 49.5 Å². The second-order valence-electron chi connectivity index (χ2n) is 5.30. The first-order chi connectivity index (χ1) is 12.1. The lowest BCUT2D eigenvalue weighted by Crippen LogP contribution is -2.04. The van der Waals surface area contributed by atoms with Gasteiger partial charge in [-0.3, -0.25) is 0 Å². The van der Waals surface area contributed by atoms with E-state index in [4.69, 9.17) is 21.1 Å². The van der Waals surface area contributed by atoms with Crippen molar-refractivity contribution >= 4 is 28.5 Å². The van der Waals surface area contributed by atoms with Crippen LogP contribution < -0.4 is 4.74 Å². The Kier molecular flexibility index (Phi) is 4.64. The van der Waals surface area contributed by atoms with Crippen LogP contribution in [-0.2, 0) is 4.74 Å². The van der Waals surface area contributed by atoms with Gasteiger partial charge in [-0.1, -0.05) is 11.6 Å². The molecule has 5 nitrogen and oxygen atoms in total. The highest BCUT2D eigenvalue weighted by Crippen LogP contribution is 2.34. The van der Waals surface area contributed by atoms with Crippen LogP contribution in [0.3, 0.4) is 0 Å². The van der Waals surface area contributed by atoms with Crippen molar-refractivity contribution < 1.29 is 14.3 Å². The fourth-order valence-electron chi connectivity index (χ4n) is 2.66. The number of carbonyl (C=O) groups excluding carboxylic acids is 1. The highest BCUT2D eigenvalue weighted by Gasteiger charge is 2.14. The van der Waals surface area contributed by atoms with Crippen molar-refractivity contribution in [2.45, 2.75) is 6.92 Å². The average Bonchev–Trinajstić information content (AvgIpc) is 2.98. The smallest absolute Gasteiger partial charge is 0.338 e. The Balaban J connectivity index is 2.11. The van der Waals surface area contributed by atoms with Gasteiger partial charge in [-0.25, -0.2) is 4.79 Å². The van der Waals surface area contributed by atoms with Crippen LogP contribution in [0.1, 0.15) is 22.8 Å². The van der Waals surface area contributed by atoms with E-state index in [-0.39, 0.29) is 5.97 Å². The summed E-state index contributed by atoms with van der Waals surface area (Å²) in [6.07, 6.45) is 1.74. The molecule has 0 radical (unpaired) electrons. The van der Waals surface area contributed by atoms with Crippen LogP contribution in [-0.4, -0.2) is 24.3 Å². The van der Waals surface area contributed by atoms with Gasteiger partial charge in [0.15, 0.2) is 0 Å². The summed E-state index contributed by atoms with van der Waals surface area (Å²) in [6.45, 7) is 2.09. The maximum absolute atomic E-state index is 11.8. The molecule has 0 saturated heterocycles. The lowest BCUT2D eigenvalue weighted by Gasteiger charge is -2.08. The minimum absolute atomic E-state index is 0.328. The van der Waals surface area contributed by atoms with Crippen LogP contribution in [0.4, 0.5) is 0 Å². The van der Waals surface area contributed by atoms with E-state index in [9.17, 15) is 10.1 Å². The second kappa shape index (κ2) is 6.88. The minimum atomic E-state index is -0.364. The Morgan fingerprint density at radius 1 is 1.28 bits per heavy atom. The third kappa shape index (κ3) is 3.04. The molecule has 0 aliphatic rings. The van der Waals surface area contributed by atoms with E-state index >= 15 is 0 Å². The lowest BCUT2D eigenvalue weighted by molar-refractivity contribution is 0.0526. The van der Waals surface area contributed by atoms with Gasteiger partial charge in [-0.2, -0.15) is 5.26 Å². The third-order valence-electron chi connectivity index (χ3n) is 3.86. The van der Waals surface area contributed by atoms with Crippen molar-refractivity contribution in [3.05, 3.63) is 58.7 Å². The van der Waals surface area contributed by atoms with Crippen LogP contribution in [0.5, 0.6) is 5.75 Å². The molecule has 0 fully saturated rings. The summed E-state index contributed by atoms with van der Waals surface area (Å²) in [6, 6.07) is 12.7. The summed E-state index contributed by atoms with van der Waals surface area (Å²) in [4.78, 5) is 11.8. The highest BCUT2D eigenvalue weighted by molar-refractivity contribution is 6.32. The zero-order valence-corrected chi connectivity index (χ0v) is 14.5. The van der Waals surface area contributed by atoms with Crippen LogP contribution in [0.2, 0.25) is 5.02 Å². The number of aromatic nitrogens is 1. The monoisotopic (exact) mass is 354 g/mol. The Bertz CT molecular complexity index is 985. The standard InChI is InChI=1S/C19H15ClN2O3/c1-3-25-19(23)12-4-6-14(7-5-12)22-11-13(10-21)15-8-18(24-2)16(20)9-17(15)22/h4-9,11H,3H2,1-2H3. The SMILES string of the molecule is CCOC(=O)c1ccc(-n2cc(C#N)c3cc(OC)c(Cl)cc32)cc1. The summed E-state index contributed by atoms with van der Waals surface area (Å²) in [7, 11) is 1.53. The first-order valence-electron chi connectivity index (χ1n) is 7.65. The number of nitriles is 1. The molecule has 0 bridgehead atoms. The minimum Gasteiger partial charge on any atom is -0.495 e. The van der Waals surface area contributed by atoms with Crippen LogP contribution in [0, 0.1) is 11.3 Å². The molecular weight excluding hydrogens is 340 g/mol. The summed E-state index contributed by atoms with van der Waals surface area (Å²) < 4.78 is 12.1. The van der Waals surface area contributed by atoms with E-state index < -0.39 is 0 Å². The number of carbonyl (C=O) groups is 1. The molecule has 3 aromatic rings. The Morgan fingerprint density at radius 2 is 2.00 bits per heavy atom. The number of methoxy groups -OCH3 is 1. The molecule has 0 saturated carbocycles. The molecule has 3 rings (SSSR count). The summed E-state index contributed by atoms with van der Waals surface area (Å²) in [5, 5.41) is 10.6. The van der Waals surface area contributed by atoms with Crippen LogP contribution in [0.25, 0.3) is 16.6 Å². The molecule has 1 aromatic heterocycles. The van der Waals surface area contributed by atoms with Crippen molar-refractivity contribution in [2.24, 2.45) is 0 Å². The van der Waals surface area contributed by atoms with E-state index in [1.807, 2.05) is 4.57 Å². The quantitative estimate of drug-likeness (QED) is 0.654. The van der Waals surface area contributed by atoms with Gasteiger partial charge in [-0.15, -0.1) is 0 Å². The predicted molar refractivity (Wildman–Crippen MR) is 95.5 cm³/mol. The first kappa shape index (κ1) is 16.9. The number of hydrogen-bond acceptors (Lipinski definition) is 4. The number of benzene rings is 2. The van der Waals surface area contributed by atoms with E-state index in [0.29, 0.717) is 28.5 Å². The highest BCUT2D eigenvalue weighted by atomic mass is 35.5. The van der Waals surface area contributed by atoms with E-state index in [2.05, 4.69) is 6.07 Å². The van der Waals surface area contributed by atoms with Crippen molar-refractivity contribution in [1.29, 1.82) is 5.26 Å². The average molecular weight is 355 g/mol. The third-order valence-corrected chi connectivity index (χ3v) is 4.15. The zero-order valence-electron chi connectivity index (χ0n) is 13.7. The molecule has 126 valence electrons. The number of fused-ring (bicyclic) bond motifs is 1. The maximum atomic E-state index is 11.8. The molecule has 25 heavy (non-hydrogen) atoms. The Labute approximate surface area is 149 Å². The maximum Gasteiger partial charge on any atom is 0.338 e. The number of rotatable bonds is 4. The number of halogens is 1. The van der Waals surface area contributed by atoms with Gasteiger partial charge in [0.05, 0.1) is 35.4 Å². The van der Waals surface area contributed by atoms with Crippen LogP contribution in [0.15, 0.2) is 42.6 Å². The van der Waals surface area contributed by atoms with Gasteiger partial charge in [0.1, 0.15) is 11.8 Å². The lowest BCUT2D eigenvalue weighted by atomic mass is 10.2. The van der Waals surface area contributed by atoms with Gasteiger partial charge in [0.25, 0.3) is 0 Å². The van der Waals surface area contributed by atoms with Crippen LogP contribution >= 0.6 is 11.6 Å². The zero-order chi connectivity index (χ0) is 18.0. The van der Waals surface area contributed by atoms with Gasteiger partial charge < -0.3 is 14.0 Å². The summed E-state index contributed by atoms with van der Waals surface area (Å²) >= 11 is 6.23. The number of esters is 1. The van der Waals surface area contributed by atoms with Crippen molar-refractivity contribution in [1.82, 2.24) is 4.57 Å². The predicted octanol–water partition coefficient (Wildman–Crippen LogP) is 4.34. The fraction of sp³-hybridized carbons (Fsp3) is 0.158. The molecule has 1 heterocycles. The molecule has 6 heteroatoms. The summed E-state index contributed by atoms with van der Waals surface area (Å²) in [5.74, 6) is 0.151. The molecule has 0 spiro atoms. The first-order valence-corrected chi connectivity index (χ1v) is 8.03. The number of nitrogens with zero attached hydrogens (tertiary/aromatic N) is 2. The van der Waals surface area contributed by atoms with Gasteiger partial charge in [-0.05, 0) is 43.3 Å². The largest absolute Gasteiger partial charge is 0.495 e. The molecule has 0 aliphatic heterocycles. The molecule has 0 unspecified atom stereocenters. The second-order valence-corrected chi connectivity index (χ2v) is 5.70.